The molecule has 7 heteroatoms. The Kier molecular flexibility index (Phi) is 1.98. The standard InChI is InChI=1S/C7H6N6O/c1-5-9-11-12-13(5)7-3-2-6(10-14)4-8-7/h2-4H,1H3. The molecule has 0 atom stereocenters. The molecule has 0 N–H and O–H groups in total. The van der Waals surface area contributed by atoms with Crippen molar-refractivity contribution in [1.82, 2.24) is 25.2 Å². The summed E-state index contributed by atoms with van der Waals surface area (Å²) in [4.78, 5) is 14.1. The molecule has 0 aliphatic carbocycles. The highest BCUT2D eigenvalue weighted by Crippen LogP contribution is 2.11. The highest BCUT2D eigenvalue weighted by Gasteiger charge is 2.04. The molecular formula is C7H6N6O. The maximum atomic E-state index is 10.1. The number of rotatable bonds is 2. The molecule has 0 saturated heterocycles. The maximum absolute atomic E-state index is 10.1. The van der Waals surface area contributed by atoms with Crippen molar-refractivity contribution in [2.75, 3.05) is 0 Å². The number of aryl methyl sites for hydroxylation is 1. The van der Waals surface area contributed by atoms with Crippen molar-refractivity contribution < 1.29 is 0 Å². The molecule has 0 spiro atoms. The number of pyridine rings is 1. The fourth-order valence-electron chi connectivity index (χ4n) is 1.00. The van der Waals surface area contributed by atoms with Gasteiger partial charge in [-0.15, -0.1) is 10.0 Å². The molecule has 70 valence electrons. The smallest absolute Gasteiger partial charge is 0.157 e. The summed E-state index contributed by atoms with van der Waals surface area (Å²) in [7, 11) is 0. The van der Waals surface area contributed by atoms with Crippen molar-refractivity contribution in [3.05, 3.63) is 29.1 Å². The zero-order valence-electron chi connectivity index (χ0n) is 7.32. The van der Waals surface area contributed by atoms with Crippen LogP contribution in [0.2, 0.25) is 0 Å². The maximum Gasteiger partial charge on any atom is 0.157 e. The van der Waals surface area contributed by atoms with Crippen molar-refractivity contribution in [3.8, 4) is 5.82 Å². The first-order chi connectivity index (χ1) is 6.81. The lowest BCUT2D eigenvalue weighted by atomic mass is 10.4. The Labute approximate surface area is 78.8 Å². The monoisotopic (exact) mass is 190 g/mol. The first-order valence-electron chi connectivity index (χ1n) is 3.86. The second kappa shape index (κ2) is 3.29. The third-order valence-electron chi connectivity index (χ3n) is 1.68. The predicted molar refractivity (Wildman–Crippen MR) is 47.1 cm³/mol. The van der Waals surface area contributed by atoms with Crippen molar-refractivity contribution in [1.29, 1.82) is 0 Å². The molecule has 7 nitrogen and oxygen atoms in total. The zero-order chi connectivity index (χ0) is 9.97. The van der Waals surface area contributed by atoms with Gasteiger partial charge in [0, 0.05) is 0 Å². The van der Waals surface area contributed by atoms with Crippen molar-refractivity contribution in [2.45, 2.75) is 6.92 Å². The largest absolute Gasteiger partial charge is 0.235 e. The van der Waals surface area contributed by atoms with E-state index in [9.17, 15) is 4.91 Å². The van der Waals surface area contributed by atoms with Crippen LogP contribution in [0.15, 0.2) is 23.5 Å². The van der Waals surface area contributed by atoms with E-state index in [4.69, 9.17) is 0 Å². The fourth-order valence-corrected chi connectivity index (χ4v) is 1.00. The number of aromatic nitrogens is 5. The van der Waals surface area contributed by atoms with Crippen molar-refractivity contribution in [2.24, 2.45) is 5.18 Å². The van der Waals surface area contributed by atoms with Gasteiger partial charge in [-0.3, -0.25) is 0 Å². The molecule has 0 saturated carbocycles. The van der Waals surface area contributed by atoms with Crippen LogP contribution in [0.25, 0.3) is 5.82 Å². The lowest BCUT2D eigenvalue weighted by Crippen LogP contribution is -2.01. The van der Waals surface area contributed by atoms with Crippen LogP contribution < -0.4 is 0 Å². The Morgan fingerprint density at radius 3 is 2.79 bits per heavy atom. The normalized spacial score (nSPS) is 10.1. The van der Waals surface area contributed by atoms with E-state index >= 15 is 0 Å². The minimum Gasteiger partial charge on any atom is -0.235 e. The van der Waals surface area contributed by atoms with Crippen molar-refractivity contribution in [3.63, 3.8) is 0 Å². The van der Waals surface area contributed by atoms with E-state index in [0.29, 0.717) is 11.6 Å². The molecule has 2 aromatic rings. The molecule has 0 aliphatic heterocycles. The Morgan fingerprint density at radius 1 is 1.43 bits per heavy atom. The number of tetrazole rings is 1. The number of hydrogen-bond donors (Lipinski definition) is 0. The molecule has 2 rings (SSSR count). The Balaban J connectivity index is 2.43. The minimum atomic E-state index is 0.277. The minimum absolute atomic E-state index is 0.277. The van der Waals surface area contributed by atoms with E-state index in [1.165, 1.54) is 10.9 Å². The van der Waals surface area contributed by atoms with Crippen LogP contribution in [-0.4, -0.2) is 25.2 Å². The second-order valence-electron chi connectivity index (χ2n) is 2.60. The average molecular weight is 190 g/mol. The molecule has 2 heterocycles. The van der Waals surface area contributed by atoms with Gasteiger partial charge in [0.05, 0.1) is 6.20 Å². The van der Waals surface area contributed by atoms with Gasteiger partial charge >= 0.3 is 0 Å². The summed E-state index contributed by atoms with van der Waals surface area (Å²) in [5.41, 5.74) is 0.277. The molecule has 0 aromatic carbocycles. The zero-order valence-corrected chi connectivity index (χ0v) is 7.32. The summed E-state index contributed by atoms with van der Waals surface area (Å²) < 4.78 is 1.47. The lowest BCUT2D eigenvalue weighted by molar-refractivity contribution is 0.760. The van der Waals surface area contributed by atoms with Gasteiger partial charge in [-0.1, -0.05) is 0 Å². The van der Waals surface area contributed by atoms with Crippen LogP contribution in [0.5, 0.6) is 0 Å². The second-order valence-corrected chi connectivity index (χ2v) is 2.60. The van der Waals surface area contributed by atoms with Crippen LogP contribution in [0.1, 0.15) is 5.82 Å². The molecule has 0 aliphatic rings. The van der Waals surface area contributed by atoms with E-state index < -0.39 is 0 Å². The number of hydrogen-bond acceptors (Lipinski definition) is 6. The van der Waals surface area contributed by atoms with Crippen molar-refractivity contribution >= 4 is 5.69 Å². The molecule has 0 fully saturated rings. The van der Waals surface area contributed by atoms with Crippen LogP contribution in [0.3, 0.4) is 0 Å². The number of nitroso groups, excluding NO2 is 1. The van der Waals surface area contributed by atoms with E-state index in [1.54, 1.807) is 19.1 Å². The summed E-state index contributed by atoms with van der Waals surface area (Å²) in [6.45, 7) is 1.76. The van der Waals surface area contributed by atoms with E-state index in [2.05, 4.69) is 25.7 Å². The quantitative estimate of drug-likeness (QED) is 0.652. The van der Waals surface area contributed by atoms with Gasteiger partial charge in [0.15, 0.2) is 11.6 Å². The summed E-state index contributed by atoms with van der Waals surface area (Å²) >= 11 is 0. The SMILES string of the molecule is Cc1nnnn1-c1ccc(N=O)cn1. The number of nitrogens with zero attached hydrogens (tertiary/aromatic N) is 6. The lowest BCUT2D eigenvalue weighted by Gasteiger charge is -1.98. The van der Waals surface area contributed by atoms with Crippen LogP contribution in [-0.2, 0) is 0 Å². The summed E-state index contributed by atoms with van der Waals surface area (Å²) in [5.74, 6) is 1.18. The third kappa shape index (κ3) is 1.35. The molecular weight excluding hydrogens is 184 g/mol. The fraction of sp³-hybridized carbons (Fsp3) is 0.143. The van der Waals surface area contributed by atoms with Gasteiger partial charge in [0.25, 0.3) is 0 Å². The van der Waals surface area contributed by atoms with Gasteiger partial charge in [0.1, 0.15) is 5.69 Å². The van der Waals surface area contributed by atoms with Gasteiger partial charge < -0.3 is 0 Å². The molecule has 0 bridgehead atoms. The molecule has 2 aromatic heterocycles. The van der Waals surface area contributed by atoms with E-state index in [-0.39, 0.29) is 5.69 Å². The summed E-state index contributed by atoms with van der Waals surface area (Å²) in [5, 5.41) is 13.7. The average Bonchev–Trinajstić information content (AvgIpc) is 2.65. The highest BCUT2D eigenvalue weighted by molar-refractivity contribution is 5.37. The van der Waals surface area contributed by atoms with E-state index in [1.807, 2.05) is 0 Å². The summed E-state index contributed by atoms with van der Waals surface area (Å²) in [6.07, 6.45) is 1.36. The third-order valence-corrected chi connectivity index (χ3v) is 1.68. The van der Waals surface area contributed by atoms with Gasteiger partial charge in [-0.25, -0.2) is 4.98 Å². The van der Waals surface area contributed by atoms with Crippen LogP contribution in [0.4, 0.5) is 5.69 Å². The Hall–Kier alpha value is -2.18. The van der Waals surface area contributed by atoms with Gasteiger partial charge in [-0.05, 0) is 34.7 Å². The Morgan fingerprint density at radius 2 is 2.29 bits per heavy atom. The molecule has 14 heavy (non-hydrogen) atoms. The van der Waals surface area contributed by atoms with Gasteiger partial charge in [0.2, 0.25) is 0 Å². The summed E-state index contributed by atoms with van der Waals surface area (Å²) in [6, 6.07) is 3.18. The highest BCUT2D eigenvalue weighted by atomic mass is 16.3. The van der Waals surface area contributed by atoms with Crippen LogP contribution in [0, 0.1) is 11.8 Å². The Bertz CT molecular complexity index is 447. The molecule has 0 amide bonds. The topological polar surface area (TPSA) is 85.9 Å². The first kappa shape index (κ1) is 8.42. The van der Waals surface area contributed by atoms with Crippen LogP contribution >= 0.6 is 0 Å². The first-order valence-corrected chi connectivity index (χ1v) is 3.86. The predicted octanol–water partition coefficient (Wildman–Crippen LogP) is 0.764. The van der Waals surface area contributed by atoms with Gasteiger partial charge in [-0.2, -0.15) is 4.68 Å². The molecule has 0 unspecified atom stereocenters. The van der Waals surface area contributed by atoms with E-state index in [0.717, 1.165) is 0 Å². The molecule has 0 radical (unpaired) electrons.